The van der Waals surface area contributed by atoms with Crippen LogP contribution in [0, 0.1) is 0 Å². The van der Waals surface area contributed by atoms with Gasteiger partial charge in [-0.2, -0.15) is 0 Å². The number of nitrogens with two attached hydrogens (primary N) is 1. The highest BCUT2D eigenvalue weighted by atomic mass is 16.6. The van der Waals surface area contributed by atoms with Gasteiger partial charge in [-0.05, 0) is 20.8 Å². The topological polar surface area (TPSA) is 122 Å². The van der Waals surface area contributed by atoms with Crippen LogP contribution in [0.5, 0.6) is 0 Å². The van der Waals surface area contributed by atoms with E-state index in [0.717, 1.165) is 0 Å². The standard InChI is InChI=1S/C14H21N5O4/c1-14(2,3)23-13(22)19-6-4-18(5-7-19)9-8-16-11(15)10(17-9)12(20)21/h8H,4-7H2,1-3H3,(H2,15,16)(H,20,21). The number of nitrogens with zero attached hydrogens (tertiary/aromatic N) is 4. The number of anilines is 2. The van der Waals surface area contributed by atoms with Crippen molar-refractivity contribution in [1.82, 2.24) is 14.9 Å². The Morgan fingerprint density at radius 1 is 1.26 bits per heavy atom. The van der Waals surface area contributed by atoms with Crippen LogP contribution in [0.25, 0.3) is 0 Å². The Morgan fingerprint density at radius 2 is 1.87 bits per heavy atom. The molecule has 1 saturated heterocycles. The lowest BCUT2D eigenvalue weighted by atomic mass is 10.2. The second-order valence-corrected chi connectivity index (χ2v) is 6.22. The fourth-order valence-electron chi connectivity index (χ4n) is 2.14. The third-order valence-electron chi connectivity index (χ3n) is 3.25. The summed E-state index contributed by atoms with van der Waals surface area (Å²) in [5.74, 6) is -0.904. The third-order valence-corrected chi connectivity index (χ3v) is 3.25. The first kappa shape index (κ1) is 16.8. The molecule has 0 saturated carbocycles. The van der Waals surface area contributed by atoms with E-state index in [4.69, 9.17) is 15.6 Å². The van der Waals surface area contributed by atoms with Gasteiger partial charge in [0.2, 0.25) is 0 Å². The van der Waals surface area contributed by atoms with Gasteiger partial charge >= 0.3 is 12.1 Å². The van der Waals surface area contributed by atoms with Crippen molar-refractivity contribution >= 4 is 23.7 Å². The number of nitrogen functional groups attached to an aromatic ring is 1. The predicted octanol–water partition coefficient (Wildman–Crippen LogP) is 0.814. The summed E-state index contributed by atoms with van der Waals surface area (Å²) in [4.78, 5) is 34.4. The Balaban J connectivity index is 2.01. The Hall–Kier alpha value is -2.58. The van der Waals surface area contributed by atoms with E-state index < -0.39 is 11.6 Å². The van der Waals surface area contributed by atoms with Crippen molar-refractivity contribution in [3.05, 3.63) is 11.9 Å². The van der Waals surface area contributed by atoms with Gasteiger partial charge in [0.25, 0.3) is 0 Å². The quantitative estimate of drug-likeness (QED) is 0.820. The van der Waals surface area contributed by atoms with Crippen LogP contribution in [0.3, 0.4) is 0 Å². The molecule has 23 heavy (non-hydrogen) atoms. The monoisotopic (exact) mass is 323 g/mol. The average molecular weight is 323 g/mol. The number of rotatable bonds is 2. The number of carboxylic acid groups (broad SMARTS) is 1. The maximum Gasteiger partial charge on any atom is 0.410 e. The Morgan fingerprint density at radius 3 is 2.39 bits per heavy atom. The fraction of sp³-hybridized carbons (Fsp3) is 0.571. The lowest BCUT2D eigenvalue weighted by Crippen LogP contribution is -2.50. The Bertz CT molecular complexity index is 606. The van der Waals surface area contributed by atoms with E-state index in [1.165, 1.54) is 6.20 Å². The summed E-state index contributed by atoms with van der Waals surface area (Å²) in [6.07, 6.45) is 1.08. The molecule has 1 aliphatic rings. The first-order chi connectivity index (χ1) is 10.7. The summed E-state index contributed by atoms with van der Waals surface area (Å²) < 4.78 is 5.33. The van der Waals surface area contributed by atoms with E-state index in [9.17, 15) is 9.59 Å². The molecule has 126 valence electrons. The van der Waals surface area contributed by atoms with Crippen molar-refractivity contribution in [2.24, 2.45) is 0 Å². The van der Waals surface area contributed by atoms with E-state index in [2.05, 4.69) is 9.97 Å². The molecule has 9 nitrogen and oxygen atoms in total. The van der Waals surface area contributed by atoms with Gasteiger partial charge in [-0.1, -0.05) is 0 Å². The van der Waals surface area contributed by atoms with Crippen LogP contribution in [0.4, 0.5) is 16.4 Å². The van der Waals surface area contributed by atoms with Crippen LogP contribution in [-0.2, 0) is 4.74 Å². The predicted molar refractivity (Wildman–Crippen MR) is 83.4 cm³/mol. The van der Waals surface area contributed by atoms with Crippen LogP contribution in [0.2, 0.25) is 0 Å². The van der Waals surface area contributed by atoms with E-state index in [0.29, 0.717) is 32.0 Å². The van der Waals surface area contributed by atoms with Crippen LogP contribution in [0.1, 0.15) is 31.3 Å². The second kappa shape index (κ2) is 6.27. The smallest absolute Gasteiger partial charge is 0.410 e. The molecule has 1 aromatic rings. The molecule has 1 aliphatic heterocycles. The minimum Gasteiger partial charge on any atom is -0.476 e. The molecule has 0 aromatic carbocycles. The largest absolute Gasteiger partial charge is 0.476 e. The van der Waals surface area contributed by atoms with Crippen LogP contribution >= 0.6 is 0 Å². The number of carbonyl (C=O) groups is 2. The summed E-state index contributed by atoms with van der Waals surface area (Å²) in [7, 11) is 0. The highest BCUT2D eigenvalue weighted by molar-refractivity contribution is 5.90. The van der Waals surface area contributed by atoms with Gasteiger partial charge in [-0.3, -0.25) is 0 Å². The van der Waals surface area contributed by atoms with E-state index >= 15 is 0 Å². The Kier molecular flexibility index (Phi) is 4.57. The molecule has 0 aliphatic carbocycles. The lowest BCUT2D eigenvalue weighted by Gasteiger charge is -2.36. The van der Waals surface area contributed by atoms with E-state index in [-0.39, 0.29) is 17.6 Å². The highest BCUT2D eigenvalue weighted by Crippen LogP contribution is 2.17. The lowest BCUT2D eigenvalue weighted by molar-refractivity contribution is 0.0240. The zero-order valence-electron chi connectivity index (χ0n) is 13.4. The molecule has 1 amide bonds. The molecule has 3 N–H and O–H groups in total. The molecule has 1 fully saturated rings. The third kappa shape index (κ3) is 4.21. The molecular weight excluding hydrogens is 302 g/mol. The first-order valence-corrected chi connectivity index (χ1v) is 7.26. The van der Waals surface area contributed by atoms with Gasteiger partial charge in [-0.15, -0.1) is 0 Å². The van der Waals surface area contributed by atoms with Gasteiger partial charge in [0.1, 0.15) is 11.4 Å². The minimum absolute atomic E-state index is 0.117. The number of piperazine rings is 1. The number of aromatic carboxylic acids is 1. The van der Waals surface area contributed by atoms with Crippen LogP contribution in [0.15, 0.2) is 6.20 Å². The van der Waals surface area contributed by atoms with Crippen molar-refractivity contribution in [2.75, 3.05) is 36.8 Å². The van der Waals surface area contributed by atoms with Crippen molar-refractivity contribution in [2.45, 2.75) is 26.4 Å². The zero-order chi connectivity index (χ0) is 17.2. The SMILES string of the molecule is CC(C)(C)OC(=O)N1CCN(c2cnc(N)c(C(=O)O)n2)CC1. The molecule has 0 radical (unpaired) electrons. The normalized spacial score (nSPS) is 15.4. The molecule has 0 spiro atoms. The minimum atomic E-state index is -1.22. The Labute approximate surface area is 134 Å². The summed E-state index contributed by atoms with van der Waals surface area (Å²) in [6, 6.07) is 0. The van der Waals surface area contributed by atoms with Gasteiger partial charge in [0.05, 0.1) is 6.20 Å². The molecule has 9 heteroatoms. The van der Waals surface area contributed by atoms with Gasteiger partial charge in [0, 0.05) is 26.2 Å². The van der Waals surface area contributed by atoms with E-state index in [1.807, 2.05) is 25.7 Å². The maximum atomic E-state index is 12.0. The highest BCUT2D eigenvalue weighted by Gasteiger charge is 2.27. The van der Waals surface area contributed by atoms with Gasteiger partial charge < -0.3 is 25.4 Å². The molecule has 0 atom stereocenters. The molecule has 2 rings (SSSR count). The zero-order valence-corrected chi connectivity index (χ0v) is 13.4. The summed E-state index contributed by atoms with van der Waals surface area (Å²) in [5, 5.41) is 9.04. The van der Waals surface area contributed by atoms with Crippen molar-refractivity contribution in [1.29, 1.82) is 0 Å². The fourth-order valence-corrected chi connectivity index (χ4v) is 2.14. The van der Waals surface area contributed by atoms with Crippen molar-refractivity contribution < 1.29 is 19.4 Å². The molecule has 0 bridgehead atoms. The number of aromatic nitrogens is 2. The number of ether oxygens (including phenoxy) is 1. The number of hydrogen-bond donors (Lipinski definition) is 2. The van der Waals surface area contributed by atoms with E-state index in [1.54, 1.807) is 4.90 Å². The molecule has 2 heterocycles. The van der Waals surface area contributed by atoms with Gasteiger partial charge in [-0.25, -0.2) is 19.6 Å². The number of carboxylic acids is 1. The average Bonchev–Trinajstić information content (AvgIpc) is 2.46. The van der Waals surface area contributed by atoms with Crippen LogP contribution < -0.4 is 10.6 Å². The molecule has 0 unspecified atom stereocenters. The number of amides is 1. The van der Waals surface area contributed by atoms with Crippen LogP contribution in [-0.4, -0.2) is 63.8 Å². The first-order valence-electron chi connectivity index (χ1n) is 7.26. The number of hydrogen-bond acceptors (Lipinski definition) is 7. The van der Waals surface area contributed by atoms with Crippen molar-refractivity contribution in [3.8, 4) is 0 Å². The summed E-state index contributed by atoms with van der Waals surface area (Å²) in [5.41, 5.74) is 4.70. The maximum absolute atomic E-state index is 12.0. The molecular formula is C14H21N5O4. The second-order valence-electron chi connectivity index (χ2n) is 6.22. The molecule has 1 aromatic heterocycles. The summed E-state index contributed by atoms with van der Waals surface area (Å²) in [6.45, 7) is 7.40. The number of carbonyl (C=O) groups excluding carboxylic acids is 1. The van der Waals surface area contributed by atoms with Crippen molar-refractivity contribution in [3.63, 3.8) is 0 Å². The summed E-state index contributed by atoms with van der Waals surface area (Å²) >= 11 is 0. The van der Waals surface area contributed by atoms with Gasteiger partial charge in [0.15, 0.2) is 11.5 Å².